The molecule has 124 valence electrons. The summed E-state index contributed by atoms with van der Waals surface area (Å²) < 4.78 is 0. The lowest BCUT2D eigenvalue weighted by molar-refractivity contribution is 0.542. The average Bonchev–Trinajstić information content (AvgIpc) is 2.90. The highest BCUT2D eigenvalue weighted by Crippen LogP contribution is 2.52. The first-order valence-corrected chi connectivity index (χ1v) is 9.29. The molecule has 0 aromatic heterocycles. The summed E-state index contributed by atoms with van der Waals surface area (Å²) in [4.78, 5) is 0. The maximum Gasteiger partial charge on any atom is 0.0283 e. The molecule has 0 N–H and O–H groups in total. The smallest absolute Gasteiger partial charge is 0.0283 e. The van der Waals surface area contributed by atoms with Gasteiger partial charge in [0.1, 0.15) is 0 Å². The minimum atomic E-state index is 0.0518. The molecular formula is C24H28. The van der Waals surface area contributed by atoms with Crippen molar-refractivity contribution >= 4 is 0 Å². The van der Waals surface area contributed by atoms with Gasteiger partial charge in [-0.15, -0.1) is 6.58 Å². The average molecular weight is 316 g/mol. The molecule has 1 aliphatic rings. The van der Waals surface area contributed by atoms with Gasteiger partial charge < -0.3 is 0 Å². The zero-order chi connectivity index (χ0) is 16.8. The Morgan fingerprint density at radius 1 is 0.833 bits per heavy atom. The van der Waals surface area contributed by atoms with Gasteiger partial charge in [0.15, 0.2) is 0 Å². The van der Waals surface area contributed by atoms with Crippen LogP contribution in [0.3, 0.4) is 0 Å². The molecule has 3 rings (SSSR count). The lowest BCUT2D eigenvalue weighted by Gasteiger charge is -2.30. The summed E-state index contributed by atoms with van der Waals surface area (Å²) in [5.74, 6) is 0. The molecule has 0 aliphatic heterocycles. The van der Waals surface area contributed by atoms with Crippen molar-refractivity contribution in [3.8, 4) is 11.1 Å². The number of unbranched alkanes of at least 4 members (excludes halogenated alkanes) is 3. The minimum Gasteiger partial charge on any atom is -0.103 e. The lowest BCUT2D eigenvalue weighted by Crippen LogP contribution is -2.23. The standard InChI is InChI=1S/C24H28/c1-3-5-6-7-8-13-19-24(18-4-2)22-16-11-9-14-20(22)21-15-10-12-17-23(21)24/h4,8-17H,2-3,5-7,18-19H2,1H3. The Labute approximate surface area is 146 Å². The summed E-state index contributed by atoms with van der Waals surface area (Å²) >= 11 is 0. The zero-order valence-electron chi connectivity index (χ0n) is 14.8. The highest BCUT2D eigenvalue weighted by molar-refractivity contribution is 5.81. The van der Waals surface area contributed by atoms with Gasteiger partial charge in [-0.1, -0.05) is 86.5 Å². The predicted octanol–water partition coefficient (Wildman–Crippen LogP) is 7.06. The Bertz CT molecular complexity index is 675. The molecule has 0 amide bonds. The third kappa shape index (κ3) is 2.98. The zero-order valence-corrected chi connectivity index (χ0v) is 14.8. The van der Waals surface area contributed by atoms with Crippen LogP contribution in [0.25, 0.3) is 11.1 Å². The van der Waals surface area contributed by atoms with E-state index >= 15 is 0 Å². The van der Waals surface area contributed by atoms with Crippen LogP contribution in [-0.2, 0) is 5.41 Å². The molecule has 2 aromatic rings. The van der Waals surface area contributed by atoms with Gasteiger partial charge in [-0.05, 0) is 47.9 Å². The molecule has 2 aromatic carbocycles. The van der Waals surface area contributed by atoms with E-state index in [-0.39, 0.29) is 5.41 Å². The number of allylic oxidation sites excluding steroid dienone is 3. The van der Waals surface area contributed by atoms with Crippen molar-refractivity contribution in [2.24, 2.45) is 0 Å². The lowest BCUT2D eigenvalue weighted by atomic mass is 9.73. The van der Waals surface area contributed by atoms with E-state index in [4.69, 9.17) is 0 Å². The molecule has 0 fully saturated rings. The Kier molecular flexibility index (Phi) is 5.35. The van der Waals surface area contributed by atoms with Gasteiger partial charge in [0.05, 0.1) is 0 Å². The summed E-state index contributed by atoms with van der Waals surface area (Å²) in [5, 5.41) is 0. The van der Waals surface area contributed by atoms with E-state index in [1.807, 2.05) is 0 Å². The first-order chi connectivity index (χ1) is 11.8. The summed E-state index contributed by atoms with van der Waals surface area (Å²) in [6, 6.07) is 17.8. The second kappa shape index (κ2) is 7.66. The number of fused-ring (bicyclic) bond motifs is 3. The molecule has 1 aliphatic carbocycles. The molecule has 0 spiro atoms. The maximum absolute atomic E-state index is 4.06. The van der Waals surface area contributed by atoms with E-state index in [0.717, 1.165) is 12.8 Å². The fourth-order valence-corrected chi connectivity index (χ4v) is 4.10. The normalized spacial score (nSPS) is 14.5. The third-order valence-electron chi connectivity index (χ3n) is 5.28. The predicted molar refractivity (Wildman–Crippen MR) is 105 cm³/mol. The van der Waals surface area contributed by atoms with Crippen molar-refractivity contribution in [3.05, 3.63) is 84.5 Å². The maximum atomic E-state index is 4.06. The van der Waals surface area contributed by atoms with Gasteiger partial charge in [-0.25, -0.2) is 0 Å². The van der Waals surface area contributed by atoms with Crippen LogP contribution in [0.5, 0.6) is 0 Å². The number of benzene rings is 2. The molecule has 0 heteroatoms. The fourth-order valence-electron chi connectivity index (χ4n) is 4.10. The molecule has 0 bridgehead atoms. The molecule has 0 saturated carbocycles. The monoisotopic (exact) mass is 316 g/mol. The molecule has 0 radical (unpaired) electrons. The Morgan fingerprint density at radius 2 is 1.46 bits per heavy atom. The van der Waals surface area contributed by atoms with E-state index in [1.165, 1.54) is 47.9 Å². The number of hydrogen-bond donors (Lipinski definition) is 0. The molecule has 0 unspecified atom stereocenters. The van der Waals surface area contributed by atoms with Crippen molar-refractivity contribution in [2.75, 3.05) is 0 Å². The van der Waals surface area contributed by atoms with Crippen molar-refractivity contribution in [1.82, 2.24) is 0 Å². The van der Waals surface area contributed by atoms with Crippen LogP contribution in [-0.4, -0.2) is 0 Å². The fraction of sp³-hybridized carbons (Fsp3) is 0.333. The topological polar surface area (TPSA) is 0 Å². The van der Waals surface area contributed by atoms with Gasteiger partial charge in [-0.2, -0.15) is 0 Å². The second-order valence-electron chi connectivity index (χ2n) is 6.84. The van der Waals surface area contributed by atoms with E-state index in [9.17, 15) is 0 Å². The quantitative estimate of drug-likeness (QED) is 0.361. The van der Waals surface area contributed by atoms with Crippen molar-refractivity contribution in [2.45, 2.75) is 50.9 Å². The second-order valence-corrected chi connectivity index (χ2v) is 6.84. The van der Waals surface area contributed by atoms with E-state index in [2.05, 4.69) is 80.3 Å². The van der Waals surface area contributed by atoms with Crippen molar-refractivity contribution in [1.29, 1.82) is 0 Å². The van der Waals surface area contributed by atoms with Crippen LogP contribution in [0.2, 0.25) is 0 Å². The van der Waals surface area contributed by atoms with Gasteiger partial charge in [-0.3, -0.25) is 0 Å². The summed E-state index contributed by atoms with van der Waals surface area (Å²) in [5.41, 5.74) is 5.77. The molecule has 0 heterocycles. The highest BCUT2D eigenvalue weighted by atomic mass is 14.4. The van der Waals surface area contributed by atoms with Crippen LogP contribution < -0.4 is 0 Å². The van der Waals surface area contributed by atoms with Gasteiger partial charge in [0, 0.05) is 5.41 Å². The molecule has 0 nitrogen and oxygen atoms in total. The van der Waals surface area contributed by atoms with Crippen molar-refractivity contribution in [3.63, 3.8) is 0 Å². The largest absolute Gasteiger partial charge is 0.103 e. The Balaban J connectivity index is 1.95. The minimum absolute atomic E-state index is 0.0518. The molecule has 0 atom stereocenters. The van der Waals surface area contributed by atoms with Gasteiger partial charge >= 0.3 is 0 Å². The van der Waals surface area contributed by atoms with Crippen molar-refractivity contribution < 1.29 is 0 Å². The first-order valence-electron chi connectivity index (χ1n) is 9.29. The van der Waals surface area contributed by atoms with Gasteiger partial charge in [0.2, 0.25) is 0 Å². The first kappa shape index (κ1) is 16.8. The summed E-state index contributed by atoms with van der Waals surface area (Å²) in [6.45, 7) is 6.32. The van der Waals surface area contributed by atoms with Crippen LogP contribution in [0, 0.1) is 0 Å². The Morgan fingerprint density at radius 3 is 2.04 bits per heavy atom. The summed E-state index contributed by atoms with van der Waals surface area (Å²) in [6.07, 6.45) is 14.0. The van der Waals surface area contributed by atoms with Crippen LogP contribution in [0.1, 0.15) is 56.6 Å². The van der Waals surface area contributed by atoms with Crippen LogP contribution in [0.4, 0.5) is 0 Å². The highest BCUT2D eigenvalue weighted by Gasteiger charge is 2.40. The number of rotatable bonds is 8. The third-order valence-corrected chi connectivity index (χ3v) is 5.28. The number of hydrogen-bond acceptors (Lipinski definition) is 0. The van der Waals surface area contributed by atoms with E-state index in [0.29, 0.717) is 0 Å². The van der Waals surface area contributed by atoms with E-state index in [1.54, 1.807) is 0 Å². The SMILES string of the molecule is C=CCC1(CC=CCCCCC)c2ccccc2-c2ccccc21. The molecule has 0 saturated heterocycles. The summed E-state index contributed by atoms with van der Waals surface area (Å²) in [7, 11) is 0. The van der Waals surface area contributed by atoms with Crippen LogP contribution in [0.15, 0.2) is 73.3 Å². The Hall–Kier alpha value is -2.08. The van der Waals surface area contributed by atoms with Crippen LogP contribution >= 0.6 is 0 Å². The molecule has 24 heavy (non-hydrogen) atoms. The van der Waals surface area contributed by atoms with E-state index < -0.39 is 0 Å². The molecular weight excluding hydrogens is 288 g/mol. The van der Waals surface area contributed by atoms with Gasteiger partial charge in [0.25, 0.3) is 0 Å².